The Bertz CT molecular complexity index is 349. The van der Waals surface area contributed by atoms with E-state index in [1.807, 2.05) is 12.2 Å². The molecule has 0 aromatic carbocycles. The molecule has 0 heterocycles. The van der Waals surface area contributed by atoms with Crippen molar-refractivity contribution < 1.29 is 19.1 Å². The predicted molar refractivity (Wildman–Crippen MR) is 102 cm³/mol. The zero-order valence-corrected chi connectivity index (χ0v) is 16.1. The van der Waals surface area contributed by atoms with Gasteiger partial charge in [0.05, 0.1) is 12.5 Å². The molecule has 0 aromatic rings. The summed E-state index contributed by atoms with van der Waals surface area (Å²) in [6.45, 7) is 4.36. The van der Waals surface area contributed by atoms with Crippen LogP contribution in [0.1, 0.15) is 97.3 Å². The van der Waals surface area contributed by atoms with Gasteiger partial charge in [-0.05, 0) is 44.3 Å². The number of esters is 2. The SMILES string of the molecule is CCCCCCC=COC(=O)CCCC(=O)OC=CCCCCCC. The smallest absolute Gasteiger partial charge is 0.310 e. The fourth-order valence-corrected chi connectivity index (χ4v) is 2.26. The highest BCUT2D eigenvalue weighted by Crippen LogP contribution is 2.05. The quantitative estimate of drug-likeness (QED) is 0.188. The molecule has 4 heteroatoms. The van der Waals surface area contributed by atoms with E-state index in [1.54, 1.807) is 0 Å². The second kappa shape index (κ2) is 18.8. The summed E-state index contributed by atoms with van der Waals surface area (Å²) in [5.41, 5.74) is 0. The standard InChI is InChI=1S/C21H36O4/c1-3-5-7-9-11-13-18-24-20(22)16-15-17-21(23)25-19-14-12-10-8-6-4-2/h13-14,18-19H,3-12,15-17H2,1-2H3. The fourth-order valence-electron chi connectivity index (χ4n) is 2.26. The number of hydrogen-bond acceptors (Lipinski definition) is 4. The minimum absolute atomic E-state index is 0.232. The van der Waals surface area contributed by atoms with Gasteiger partial charge in [-0.15, -0.1) is 0 Å². The van der Waals surface area contributed by atoms with Gasteiger partial charge in [0.2, 0.25) is 0 Å². The molecule has 0 aromatic heterocycles. The molecule has 0 saturated carbocycles. The van der Waals surface area contributed by atoms with E-state index in [4.69, 9.17) is 9.47 Å². The van der Waals surface area contributed by atoms with Gasteiger partial charge in [-0.2, -0.15) is 0 Å². The van der Waals surface area contributed by atoms with Crippen molar-refractivity contribution in [3.8, 4) is 0 Å². The van der Waals surface area contributed by atoms with E-state index in [9.17, 15) is 9.59 Å². The van der Waals surface area contributed by atoms with E-state index in [2.05, 4.69) is 13.8 Å². The van der Waals surface area contributed by atoms with Gasteiger partial charge in [-0.25, -0.2) is 0 Å². The molecular formula is C21H36O4. The zero-order chi connectivity index (χ0) is 18.6. The molecule has 144 valence electrons. The largest absolute Gasteiger partial charge is 0.435 e. The molecule has 0 fully saturated rings. The highest BCUT2D eigenvalue weighted by molar-refractivity contribution is 5.73. The maximum atomic E-state index is 11.5. The number of carbonyl (C=O) groups excluding carboxylic acids is 2. The van der Waals surface area contributed by atoms with Crippen LogP contribution in [0, 0.1) is 0 Å². The third-order valence-corrected chi connectivity index (χ3v) is 3.80. The lowest BCUT2D eigenvalue weighted by molar-refractivity contribution is -0.139. The Labute approximate surface area is 153 Å². The number of ether oxygens (including phenoxy) is 2. The average molecular weight is 353 g/mol. The van der Waals surface area contributed by atoms with Crippen LogP contribution >= 0.6 is 0 Å². The Kier molecular flexibility index (Phi) is 17.6. The van der Waals surface area contributed by atoms with Crippen LogP contribution in [0.2, 0.25) is 0 Å². The summed E-state index contributed by atoms with van der Waals surface area (Å²) in [5, 5.41) is 0. The van der Waals surface area contributed by atoms with E-state index in [0.29, 0.717) is 6.42 Å². The highest BCUT2D eigenvalue weighted by atomic mass is 16.5. The summed E-state index contributed by atoms with van der Waals surface area (Å²) in [5.74, 6) is -0.604. The predicted octanol–water partition coefficient (Wildman–Crippen LogP) is 6.21. The normalized spacial score (nSPS) is 11.3. The molecule has 0 spiro atoms. The van der Waals surface area contributed by atoms with Gasteiger partial charge in [0, 0.05) is 12.8 Å². The van der Waals surface area contributed by atoms with Gasteiger partial charge >= 0.3 is 11.9 Å². The second-order valence-corrected chi connectivity index (χ2v) is 6.28. The van der Waals surface area contributed by atoms with Crippen LogP contribution in [0.3, 0.4) is 0 Å². The third-order valence-electron chi connectivity index (χ3n) is 3.80. The second-order valence-electron chi connectivity index (χ2n) is 6.28. The molecule has 0 saturated heterocycles. The number of allylic oxidation sites excluding steroid dienone is 2. The van der Waals surface area contributed by atoms with E-state index >= 15 is 0 Å². The summed E-state index contributed by atoms with van der Waals surface area (Å²) < 4.78 is 9.98. The van der Waals surface area contributed by atoms with Gasteiger partial charge < -0.3 is 9.47 Å². The molecule has 0 aliphatic rings. The van der Waals surface area contributed by atoms with Crippen LogP contribution in [0.4, 0.5) is 0 Å². The summed E-state index contributed by atoms with van der Waals surface area (Å²) in [6, 6.07) is 0. The zero-order valence-electron chi connectivity index (χ0n) is 16.1. The number of hydrogen-bond donors (Lipinski definition) is 0. The molecule has 0 N–H and O–H groups in total. The summed E-state index contributed by atoms with van der Waals surface area (Å²) in [7, 11) is 0. The highest BCUT2D eigenvalue weighted by Gasteiger charge is 2.05. The summed E-state index contributed by atoms with van der Waals surface area (Å²) in [6.07, 6.45) is 19.1. The third kappa shape index (κ3) is 18.6. The Morgan fingerprint density at radius 1 is 0.640 bits per heavy atom. The Balaban J connectivity index is 3.52. The van der Waals surface area contributed by atoms with Crippen molar-refractivity contribution in [2.75, 3.05) is 0 Å². The van der Waals surface area contributed by atoms with E-state index in [0.717, 1.165) is 25.7 Å². The Morgan fingerprint density at radius 2 is 1.08 bits per heavy atom. The molecule has 0 radical (unpaired) electrons. The van der Waals surface area contributed by atoms with Crippen LogP contribution < -0.4 is 0 Å². The van der Waals surface area contributed by atoms with Gasteiger partial charge in [0.1, 0.15) is 0 Å². The van der Waals surface area contributed by atoms with Crippen molar-refractivity contribution in [3.05, 3.63) is 24.7 Å². The van der Waals surface area contributed by atoms with Gasteiger partial charge in [0.15, 0.2) is 0 Å². The van der Waals surface area contributed by atoms with E-state index < -0.39 is 0 Å². The topological polar surface area (TPSA) is 52.6 Å². The summed E-state index contributed by atoms with van der Waals surface area (Å²) >= 11 is 0. The maximum absolute atomic E-state index is 11.5. The Hall–Kier alpha value is -1.58. The van der Waals surface area contributed by atoms with Crippen molar-refractivity contribution in [1.82, 2.24) is 0 Å². The van der Waals surface area contributed by atoms with Crippen molar-refractivity contribution >= 4 is 11.9 Å². The minimum atomic E-state index is -0.302. The molecule has 0 amide bonds. The first-order valence-corrected chi connectivity index (χ1v) is 9.89. The maximum Gasteiger partial charge on any atom is 0.310 e. The fraction of sp³-hybridized carbons (Fsp3) is 0.714. The first kappa shape index (κ1) is 23.4. The van der Waals surface area contributed by atoms with Crippen molar-refractivity contribution in [3.63, 3.8) is 0 Å². The number of rotatable bonds is 16. The van der Waals surface area contributed by atoms with E-state index in [-0.39, 0.29) is 24.8 Å². The van der Waals surface area contributed by atoms with Crippen LogP contribution in [0.15, 0.2) is 24.7 Å². The van der Waals surface area contributed by atoms with Gasteiger partial charge in [-0.1, -0.05) is 52.4 Å². The van der Waals surface area contributed by atoms with Crippen molar-refractivity contribution in [2.24, 2.45) is 0 Å². The van der Waals surface area contributed by atoms with E-state index in [1.165, 1.54) is 51.0 Å². The lowest BCUT2D eigenvalue weighted by Crippen LogP contribution is -2.03. The van der Waals surface area contributed by atoms with Gasteiger partial charge in [0.25, 0.3) is 0 Å². The monoisotopic (exact) mass is 352 g/mol. The Morgan fingerprint density at radius 3 is 1.48 bits per heavy atom. The van der Waals surface area contributed by atoms with Crippen LogP contribution in [-0.4, -0.2) is 11.9 Å². The molecule has 25 heavy (non-hydrogen) atoms. The first-order valence-electron chi connectivity index (χ1n) is 9.89. The number of carbonyl (C=O) groups is 2. The lowest BCUT2D eigenvalue weighted by Gasteiger charge is -2.00. The van der Waals surface area contributed by atoms with Crippen molar-refractivity contribution in [2.45, 2.75) is 97.3 Å². The summed E-state index contributed by atoms with van der Waals surface area (Å²) in [4.78, 5) is 23.0. The molecular weight excluding hydrogens is 316 g/mol. The molecule has 0 aliphatic carbocycles. The number of unbranched alkanes of at least 4 members (excludes halogenated alkanes) is 8. The molecule has 0 bridgehead atoms. The molecule has 0 aliphatic heterocycles. The molecule has 0 rings (SSSR count). The molecule has 4 nitrogen and oxygen atoms in total. The average Bonchev–Trinajstić information content (AvgIpc) is 2.60. The molecule has 0 atom stereocenters. The minimum Gasteiger partial charge on any atom is -0.435 e. The lowest BCUT2D eigenvalue weighted by atomic mass is 10.1. The van der Waals surface area contributed by atoms with Gasteiger partial charge in [-0.3, -0.25) is 9.59 Å². The first-order chi connectivity index (χ1) is 12.2. The molecule has 0 unspecified atom stereocenters. The van der Waals surface area contributed by atoms with Crippen LogP contribution in [0.5, 0.6) is 0 Å². The van der Waals surface area contributed by atoms with Crippen molar-refractivity contribution in [1.29, 1.82) is 0 Å². The van der Waals surface area contributed by atoms with Crippen LogP contribution in [0.25, 0.3) is 0 Å². The van der Waals surface area contributed by atoms with Crippen LogP contribution in [-0.2, 0) is 19.1 Å².